The van der Waals surface area contributed by atoms with Gasteiger partial charge in [0.05, 0.1) is 14.2 Å². The monoisotopic (exact) mass is 292 g/mol. The van der Waals surface area contributed by atoms with Crippen LogP contribution >= 0.6 is 0 Å². The number of carbonyl (C=O) groups is 2. The highest BCUT2D eigenvalue weighted by Crippen LogP contribution is 2.35. The highest BCUT2D eigenvalue weighted by Gasteiger charge is 2.47. The molecule has 4 heteroatoms. The summed E-state index contributed by atoms with van der Waals surface area (Å²) in [7, 11) is 2.57. The van der Waals surface area contributed by atoms with Gasteiger partial charge in [-0.2, -0.15) is 0 Å². The fourth-order valence-corrected chi connectivity index (χ4v) is 2.02. The Hall–Kier alpha value is -1.76. The lowest BCUT2D eigenvalue weighted by Crippen LogP contribution is -2.40. The Morgan fingerprint density at radius 2 is 1.81 bits per heavy atom. The molecule has 0 unspecified atom stereocenters. The van der Waals surface area contributed by atoms with E-state index in [4.69, 9.17) is 9.47 Å². The van der Waals surface area contributed by atoms with Gasteiger partial charge < -0.3 is 9.47 Å². The maximum absolute atomic E-state index is 12.2. The van der Waals surface area contributed by atoms with E-state index >= 15 is 0 Å². The van der Waals surface area contributed by atoms with Crippen molar-refractivity contribution in [1.29, 1.82) is 0 Å². The third kappa shape index (κ3) is 4.93. The van der Waals surface area contributed by atoms with E-state index < -0.39 is 17.4 Å². The number of hydrogen-bond acceptors (Lipinski definition) is 4. The number of rotatable bonds is 7. The minimum atomic E-state index is -1.34. The van der Waals surface area contributed by atoms with Gasteiger partial charge in [-0.05, 0) is 25.7 Å². The average molecular weight is 292 g/mol. The largest absolute Gasteiger partial charge is 0.468 e. The first-order valence-electron chi connectivity index (χ1n) is 7.41. The van der Waals surface area contributed by atoms with Gasteiger partial charge in [-0.3, -0.25) is 9.59 Å². The fraction of sp³-hybridized carbons (Fsp3) is 0.647. The molecule has 0 aromatic heterocycles. The van der Waals surface area contributed by atoms with Crippen LogP contribution in [0, 0.1) is 17.3 Å². The molecular weight excluding hydrogens is 268 g/mol. The predicted molar refractivity (Wildman–Crippen MR) is 80.3 cm³/mol. The molecule has 0 spiro atoms. The molecule has 21 heavy (non-hydrogen) atoms. The van der Waals surface area contributed by atoms with E-state index in [0.29, 0.717) is 6.42 Å². The van der Waals surface area contributed by atoms with Crippen molar-refractivity contribution in [2.45, 2.75) is 51.9 Å². The fourth-order valence-electron chi connectivity index (χ4n) is 2.02. The van der Waals surface area contributed by atoms with Crippen LogP contribution in [0.3, 0.4) is 0 Å². The van der Waals surface area contributed by atoms with Crippen LogP contribution < -0.4 is 0 Å². The zero-order chi connectivity index (χ0) is 15.7. The van der Waals surface area contributed by atoms with Gasteiger partial charge in [0.15, 0.2) is 5.41 Å². The Balaban J connectivity index is 2.91. The van der Waals surface area contributed by atoms with Gasteiger partial charge in [0.25, 0.3) is 0 Å². The topological polar surface area (TPSA) is 52.6 Å². The molecule has 0 atom stereocenters. The number of unbranched alkanes of at least 4 members (excludes halogenated alkanes) is 2. The molecule has 0 aromatic rings. The summed E-state index contributed by atoms with van der Waals surface area (Å²) >= 11 is 0. The van der Waals surface area contributed by atoms with Crippen molar-refractivity contribution < 1.29 is 19.1 Å². The third-order valence-electron chi connectivity index (χ3n) is 3.60. The third-order valence-corrected chi connectivity index (χ3v) is 3.60. The van der Waals surface area contributed by atoms with Crippen LogP contribution in [0.1, 0.15) is 51.9 Å². The molecule has 0 aromatic carbocycles. The highest BCUT2D eigenvalue weighted by molar-refractivity contribution is 6.00. The first-order chi connectivity index (χ1) is 10.1. The molecule has 4 nitrogen and oxygen atoms in total. The summed E-state index contributed by atoms with van der Waals surface area (Å²) < 4.78 is 9.67. The van der Waals surface area contributed by atoms with Gasteiger partial charge in [0.2, 0.25) is 0 Å². The van der Waals surface area contributed by atoms with Gasteiger partial charge in [0, 0.05) is 12.8 Å². The Kier molecular flexibility index (Phi) is 7.01. The van der Waals surface area contributed by atoms with Crippen LogP contribution in [0.2, 0.25) is 0 Å². The molecule has 1 saturated carbocycles. The van der Waals surface area contributed by atoms with Gasteiger partial charge in [0.1, 0.15) is 0 Å². The summed E-state index contributed by atoms with van der Waals surface area (Å²) in [6, 6.07) is 0. The minimum absolute atomic E-state index is 0.139. The zero-order valence-corrected chi connectivity index (χ0v) is 13.2. The van der Waals surface area contributed by atoms with Crippen molar-refractivity contribution in [3.63, 3.8) is 0 Å². The Morgan fingerprint density at radius 1 is 1.19 bits per heavy atom. The second-order valence-corrected chi connectivity index (χ2v) is 5.27. The highest BCUT2D eigenvalue weighted by atomic mass is 16.5. The summed E-state index contributed by atoms with van der Waals surface area (Å²) in [6.07, 6.45) is 7.32. The number of allylic oxidation sites excluding steroid dienone is 2. The van der Waals surface area contributed by atoms with E-state index in [1.807, 2.05) is 6.08 Å². The summed E-state index contributed by atoms with van der Waals surface area (Å²) in [5, 5.41) is 0. The lowest BCUT2D eigenvalue weighted by atomic mass is 9.81. The van der Waals surface area contributed by atoms with Crippen LogP contribution in [0.5, 0.6) is 0 Å². The summed E-state index contributed by atoms with van der Waals surface area (Å²) in [6.45, 7) is 2.09. The number of ether oxygens (including phenoxy) is 2. The Bertz CT molecular complexity index is 443. The molecule has 116 valence electrons. The first kappa shape index (κ1) is 17.3. The zero-order valence-electron chi connectivity index (χ0n) is 13.2. The van der Waals surface area contributed by atoms with Crippen molar-refractivity contribution >= 4 is 11.9 Å². The van der Waals surface area contributed by atoms with Crippen LogP contribution in [-0.4, -0.2) is 26.2 Å². The van der Waals surface area contributed by atoms with Crippen molar-refractivity contribution in [2.75, 3.05) is 14.2 Å². The van der Waals surface area contributed by atoms with Gasteiger partial charge in [-0.25, -0.2) is 0 Å². The van der Waals surface area contributed by atoms with Crippen LogP contribution in [0.15, 0.2) is 11.6 Å². The van der Waals surface area contributed by atoms with Gasteiger partial charge in [-0.1, -0.05) is 25.0 Å². The van der Waals surface area contributed by atoms with E-state index in [2.05, 4.69) is 18.8 Å². The molecule has 0 heterocycles. The quantitative estimate of drug-likeness (QED) is 0.238. The maximum Gasteiger partial charge on any atom is 0.324 e. The van der Waals surface area contributed by atoms with E-state index in [0.717, 1.165) is 32.1 Å². The van der Waals surface area contributed by atoms with E-state index in [1.165, 1.54) is 19.8 Å². The van der Waals surface area contributed by atoms with E-state index in [1.54, 1.807) is 0 Å². The molecule has 1 aliphatic carbocycles. The van der Waals surface area contributed by atoms with E-state index in [9.17, 15) is 9.59 Å². The smallest absolute Gasteiger partial charge is 0.324 e. The molecule has 0 aliphatic heterocycles. The minimum Gasteiger partial charge on any atom is -0.468 e. The van der Waals surface area contributed by atoms with Gasteiger partial charge >= 0.3 is 11.9 Å². The molecular formula is C17H24O4. The first-order valence-corrected chi connectivity index (χ1v) is 7.41. The number of methoxy groups -OCH3 is 2. The molecule has 1 rings (SSSR count). The predicted octanol–water partition coefficient (Wildman–Crippen LogP) is 3.01. The Morgan fingerprint density at radius 3 is 2.29 bits per heavy atom. The number of carbonyl (C=O) groups excluding carboxylic acids is 2. The second-order valence-electron chi connectivity index (χ2n) is 5.27. The van der Waals surface area contributed by atoms with Crippen molar-refractivity contribution in [3.8, 4) is 11.8 Å². The Labute approximate surface area is 126 Å². The normalized spacial score (nSPS) is 13.0. The summed E-state index contributed by atoms with van der Waals surface area (Å²) in [5.74, 6) is 4.83. The molecule has 0 N–H and O–H groups in total. The SMILES string of the molecule is CCCCC#CCC(CC=C1CC1)(C(=O)OC)C(=O)OC. The van der Waals surface area contributed by atoms with Gasteiger partial charge in [-0.15, -0.1) is 11.8 Å². The lowest BCUT2D eigenvalue weighted by molar-refractivity contribution is -0.168. The number of hydrogen-bond donors (Lipinski definition) is 0. The van der Waals surface area contributed by atoms with Crippen molar-refractivity contribution in [2.24, 2.45) is 5.41 Å². The molecule has 0 bridgehead atoms. The second kappa shape index (κ2) is 8.51. The maximum atomic E-state index is 12.2. The molecule has 1 aliphatic rings. The van der Waals surface area contributed by atoms with Crippen molar-refractivity contribution in [1.82, 2.24) is 0 Å². The van der Waals surface area contributed by atoms with Crippen LogP contribution in [0.4, 0.5) is 0 Å². The van der Waals surface area contributed by atoms with Crippen LogP contribution in [-0.2, 0) is 19.1 Å². The molecule has 0 radical (unpaired) electrons. The summed E-state index contributed by atoms with van der Waals surface area (Å²) in [5.41, 5.74) is -0.0655. The van der Waals surface area contributed by atoms with Crippen LogP contribution in [0.25, 0.3) is 0 Å². The molecule has 0 saturated heterocycles. The van der Waals surface area contributed by atoms with E-state index in [-0.39, 0.29) is 6.42 Å². The summed E-state index contributed by atoms with van der Waals surface area (Å²) in [4.78, 5) is 24.3. The molecule has 1 fully saturated rings. The standard InChI is InChI=1S/C17H24O4/c1-4-5-6-7-8-12-17(15(18)20-2,16(19)21-3)13-11-14-9-10-14/h11H,4-6,9-10,12-13H2,1-3H3. The number of esters is 2. The van der Waals surface area contributed by atoms with Crippen molar-refractivity contribution in [3.05, 3.63) is 11.6 Å². The lowest BCUT2D eigenvalue weighted by Gasteiger charge is -2.24. The molecule has 0 amide bonds. The average Bonchev–Trinajstić information content (AvgIpc) is 3.33.